The monoisotopic (exact) mass is 326 g/mol. The van der Waals surface area contributed by atoms with E-state index in [0.717, 1.165) is 5.56 Å². The van der Waals surface area contributed by atoms with E-state index in [2.05, 4.69) is 16.4 Å². The van der Waals surface area contributed by atoms with E-state index in [1.807, 2.05) is 18.2 Å². The smallest absolute Gasteiger partial charge is 0.413 e. The maximum Gasteiger partial charge on any atom is 0.413 e. The fourth-order valence-electron chi connectivity index (χ4n) is 2.33. The SMILES string of the molecule is N#CC1(n2cnc(C(=O)O)c2NC(=O)OCc2ccccc2)CC1. The first-order valence-corrected chi connectivity index (χ1v) is 7.26. The number of nitrogens with one attached hydrogen (secondary N) is 1. The standard InChI is InChI=1S/C16H14N4O4/c17-9-16(6-7-16)20-10-18-12(14(21)22)13(20)19-15(23)24-8-11-4-2-1-3-5-11/h1-5,10H,6-8H2,(H,19,23)(H,21,22). The van der Waals surface area contributed by atoms with E-state index in [1.165, 1.54) is 10.9 Å². The number of amides is 1. The van der Waals surface area contributed by atoms with Crippen LogP contribution in [0.3, 0.4) is 0 Å². The molecule has 1 fully saturated rings. The zero-order valence-corrected chi connectivity index (χ0v) is 12.6. The van der Waals surface area contributed by atoms with Gasteiger partial charge in [-0.25, -0.2) is 14.6 Å². The maximum absolute atomic E-state index is 12.0. The number of benzene rings is 1. The number of hydrogen-bond donors (Lipinski definition) is 2. The summed E-state index contributed by atoms with van der Waals surface area (Å²) in [5, 5.41) is 20.9. The molecule has 1 aliphatic carbocycles. The molecule has 1 saturated carbocycles. The van der Waals surface area contributed by atoms with Crippen LogP contribution < -0.4 is 5.32 Å². The molecule has 0 bridgehead atoms. The average molecular weight is 326 g/mol. The summed E-state index contributed by atoms with van der Waals surface area (Å²) in [5.74, 6) is -1.33. The summed E-state index contributed by atoms with van der Waals surface area (Å²) in [6, 6.07) is 11.2. The molecule has 1 amide bonds. The molecule has 1 aromatic heterocycles. The molecule has 8 heteroatoms. The minimum absolute atomic E-state index is 0.0420. The Hall–Kier alpha value is -3.34. The van der Waals surface area contributed by atoms with Crippen LogP contribution in [0.2, 0.25) is 0 Å². The number of ether oxygens (including phenoxy) is 1. The van der Waals surface area contributed by atoms with E-state index >= 15 is 0 Å². The highest BCUT2D eigenvalue weighted by atomic mass is 16.5. The van der Waals surface area contributed by atoms with Crippen molar-refractivity contribution in [1.29, 1.82) is 5.26 Å². The molecule has 122 valence electrons. The van der Waals surface area contributed by atoms with Crippen LogP contribution in [-0.2, 0) is 16.9 Å². The summed E-state index contributed by atoms with van der Waals surface area (Å²) >= 11 is 0. The van der Waals surface area contributed by atoms with Crippen molar-refractivity contribution >= 4 is 17.9 Å². The third-order valence-electron chi connectivity index (χ3n) is 3.80. The molecule has 1 aromatic carbocycles. The highest BCUT2D eigenvalue weighted by molar-refractivity contribution is 5.96. The van der Waals surface area contributed by atoms with Gasteiger partial charge in [-0.3, -0.25) is 9.88 Å². The van der Waals surface area contributed by atoms with Gasteiger partial charge in [0.1, 0.15) is 12.1 Å². The third kappa shape index (κ3) is 2.92. The molecule has 0 unspecified atom stereocenters. The van der Waals surface area contributed by atoms with Gasteiger partial charge in [-0.1, -0.05) is 30.3 Å². The quantitative estimate of drug-likeness (QED) is 0.871. The molecule has 24 heavy (non-hydrogen) atoms. The van der Waals surface area contributed by atoms with Gasteiger partial charge >= 0.3 is 12.1 Å². The molecular formula is C16H14N4O4. The maximum atomic E-state index is 12.0. The van der Waals surface area contributed by atoms with Crippen LogP contribution in [0, 0.1) is 11.3 Å². The predicted octanol–water partition coefficient (Wildman–Crippen LogP) is 2.34. The second kappa shape index (κ2) is 6.04. The fourth-order valence-corrected chi connectivity index (χ4v) is 2.33. The Morgan fingerprint density at radius 2 is 2.08 bits per heavy atom. The molecule has 0 atom stereocenters. The van der Waals surface area contributed by atoms with E-state index in [0.29, 0.717) is 12.8 Å². The Morgan fingerprint density at radius 1 is 1.38 bits per heavy atom. The highest BCUT2D eigenvalue weighted by Gasteiger charge is 2.47. The van der Waals surface area contributed by atoms with Gasteiger partial charge in [0, 0.05) is 0 Å². The molecular weight excluding hydrogens is 312 g/mol. The Bertz CT molecular complexity index is 818. The van der Waals surface area contributed by atoms with E-state index < -0.39 is 17.6 Å². The van der Waals surface area contributed by atoms with Crippen molar-refractivity contribution in [2.75, 3.05) is 5.32 Å². The van der Waals surface area contributed by atoms with Crippen LogP contribution >= 0.6 is 0 Å². The van der Waals surface area contributed by atoms with Gasteiger partial charge in [-0.15, -0.1) is 0 Å². The molecule has 2 N–H and O–H groups in total. The molecule has 1 aliphatic rings. The lowest BCUT2D eigenvalue weighted by molar-refractivity contribution is 0.0692. The number of carboxylic acids is 1. The van der Waals surface area contributed by atoms with Crippen LogP contribution in [-0.4, -0.2) is 26.7 Å². The van der Waals surface area contributed by atoms with Crippen molar-refractivity contribution in [3.05, 3.63) is 47.9 Å². The Labute approximate surface area is 137 Å². The lowest BCUT2D eigenvalue weighted by Crippen LogP contribution is -2.22. The highest BCUT2D eigenvalue weighted by Crippen LogP contribution is 2.45. The van der Waals surface area contributed by atoms with Crippen LogP contribution in [0.1, 0.15) is 28.9 Å². The first kappa shape index (κ1) is 15.6. The Kier molecular flexibility index (Phi) is 3.92. The molecule has 0 aliphatic heterocycles. The Balaban J connectivity index is 1.76. The van der Waals surface area contributed by atoms with Crippen molar-refractivity contribution in [3.8, 4) is 6.07 Å². The summed E-state index contributed by atoms with van der Waals surface area (Å²) in [5.41, 5.74) is -0.369. The number of carbonyl (C=O) groups excluding carboxylic acids is 1. The molecule has 8 nitrogen and oxygen atoms in total. The number of carboxylic acid groups (broad SMARTS) is 1. The number of carbonyl (C=O) groups is 2. The molecule has 3 rings (SSSR count). The lowest BCUT2D eigenvalue weighted by Gasteiger charge is -2.14. The van der Waals surface area contributed by atoms with Crippen molar-refractivity contribution in [1.82, 2.24) is 9.55 Å². The van der Waals surface area contributed by atoms with Crippen molar-refractivity contribution in [3.63, 3.8) is 0 Å². The average Bonchev–Trinajstić information content (AvgIpc) is 3.27. The van der Waals surface area contributed by atoms with E-state index in [-0.39, 0.29) is 18.1 Å². The normalized spacial score (nSPS) is 14.5. The molecule has 0 spiro atoms. The second-order valence-electron chi connectivity index (χ2n) is 5.45. The number of nitriles is 1. The van der Waals surface area contributed by atoms with Crippen LogP contribution in [0.5, 0.6) is 0 Å². The number of rotatable bonds is 5. The van der Waals surface area contributed by atoms with Gasteiger partial charge < -0.3 is 9.84 Å². The van der Waals surface area contributed by atoms with Gasteiger partial charge in [0.2, 0.25) is 0 Å². The zero-order chi connectivity index (χ0) is 17.2. The van der Waals surface area contributed by atoms with E-state index in [1.54, 1.807) is 12.1 Å². The first-order valence-electron chi connectivity index (χ1n) is 7.26. The number of aromatic nitrogens is 2. The molecule has 0 radical (unpaired) electrons. The summed E-state index contributed by atoms with van der Waals surface area (Å²) < 4.78 is 6.48. The summed E-state index contributed by atoms with van der Waals surface area (Å²) in [4.78, 5) is 27.1. The van der Waals surface area contributed by atoms with Crippen molar-refractivity contribution in [2.24, 2.45) is 0 Å². The van der Waals surface area contributed by atoms with E-state index in [9.17, 15) is 20.0 Å². The van der Waals surface area contributed by atoms with Gasteiger partial charge in [0.05, 0.1) is 12.4 Å². The van der Waals surface area contributed by atoms with Gasteiger partial charge in [0.15, 0.2) is 11.5 Å². The fraction of sp³-hybridized carbons (Fsp3) is 0.250. The Morgan fingerprint density at radius 3 is 2.67 bits per heavy atom. The summed E-state index contributed by atoms with van der Waals surface area (Å²) in [7, 11) is 0. The van der Waals surface area contributed by atoms with Gasteiger partial charge in [-0.2, -0.15) is 5.26 Å². The lowest BCUT2D eigenvalue weighted by atomic mass is 10.2. The van der Waals surface area contributed by atoms with Gasteiger partial charge in [-0.05, 0) is 18.4 Å². The zero-order valence-electron chi connectivity index (χ0n) is 12.6. The minimum Gasteiger partial charge on any atom is -0.476 e. The number of nitrogens with zero attached hydrogens (tertiary/aromatic N) is 3. The second-order valence-corrected chi connectivity index (χ2v) is 5.45. The number of hydrogen-bond acceptors (Lipinski definition) is 5. The number of aromatic carboxylic acids is 1. The molecule has 1 heterocycles. The minimum atomic E-state index is -1.29. The third-order valence-corrected chi connectivity index (χ3v) is 3.80. The van der Waals surface area contributed by atoms with Crippen molar-refractivity contribution < 1.29 is 19.4 Å². The largest absolute Gasteiger partial charge is 0.476 e. The summed E-state index contributed by atoms with van der Waals surface area (Å²) in [6.45, 7) is 0.0482. The predicted molar refractivity (Wildman–Crippen MR) is 82.3 cm³/mol. The van der Waals surface area contributed by atoms with Crippen molar-refractivity contribution in [2.45, 2.75) is 25.0 Å². The molecule has 0 saturated heterocycles. The van der Waals surface area contributed by atoms with Crippen LogP contribution in [0.15, 0.2) is 36.7 Å². The topological polar surface area (TPSA) is 117 Å². The summed E-state index contributed by atoms with van der Waals surface area (Å²) in [6.07, 6.45) is 1.60. The van der Waals surface area contributed by atoms with Crippen LogP contribution in [0.4, 0.5) is 10.6 Å². The van der Waals surface area contributed by atoms with E-state index in [4.69, 9.17) is 4.74 Å². The van der Waals surface area contributed by atoms with Crippen LogP contribution in [0.25, 0.3) is 0 Å². The first-order chi connectivity index (χ1) is 11.6. The molecule has 2 aromatic rings. The number of anilines is 1. The number of imidazole rings is 1. The van der Waals surface area contributed by atoms with Gasteiger partial charge in [0.25, 0.3) is 0 Å².